The van der Waals surface area contributed by atoms with E-state index in [1.165, 1.54) is 54.7 Å². The van der Waals surface area contributed by atoms with Gasteiger partial charge in [-0.15, -0.1) is 23.5 Å². The fourth-order valence-electron chi connectivity index (χ4n) is 14.3. The first kappa shape index (κ1) is 83.3. The highest BCUT2D eigenvalue weighted by atomic mass is 35.5. The summed E-state index contributed by atoms with van der Waals surface area (Å²) in [4.78, 5) is 142. The number of methoxy groups -OCH3 is 2. The van der Waals surface area contributed by atoms with E-state index in [0.717, 1.165) is 49.7 Å². The molecular weight excluding hydrogens is 1410 g/mol. The summed E-state index contributed by atoms with van der Waals surface area (Å²) in [7, 11) is 5.88. The van der Waals surface area contributed by atoms with Crippen molar-refractivity contribution in [3.8, 4) is 5.75 Å². The third kappa shape index (κ3) is 23.3. The van der Waals surface area contributed by atoms with E-state index in [-0.39, 0.29) is 85.2 Å². The zero-order valence-electron chi connectivity index (χ0n) is 61.5. The number of ether oxygens (including phenoxy) is 7. The molecule has 8 rings (SSSR count). The number of epoxide rings is 1. The third-order valence-electron chi connectivity index (χ3n) is 20.5. The highest BCUT2D eigenvalue weighted by Gasteiger charge is 2.65. The van der Waals surface area contributed by atoms with Crippen molar-refractivity contribution in [3.63, 3.8) is 0 Å². The quantitative estimate of drug-likeness (QED) is 0.0277. The minimum absolute atomic E-state index is 0.0297. The third-order valence-corrected chi connectivity index (χ3v) is 25.2. The maximum Gasteiger partial charge on any atom is 0.409 e. The minimum Gasteiger partial charge on any atom is -0.495 e. The number of rotatable bonds is 22. The van der Waals surface area contributed by atoms with E-state index >= 15 is 0 Å². The van der Waals surface area contributed by atoms with Crippen molar-refractivity contribution in [2.75, 3.05) is 118 Å². The molecule has 0 aromatic heterocycles. The van der Waals surface area contributed by atoms with Gasteiger partial charge in [-0.2, -0.15) is 11.8 Å². The second-order valence-corrected chi connectivity index (χ2v) is 34.1. The summed E-state index contributed by atoms with van der Waals surface area (Å²) >= 11 is 11.6. The molecule has 5 aliphatic heterocycles. The molecule has 5 heterocycles. The molecule has 103 heavy (non-hydrogen) atoms. The number of esters is 1. The molecule has 574 valence electrons. The summed E-state index contributed by atoms with van der Waals surface area (Å²) in [6, 6.07) is 2.35. The van der Waals surface area contributed by atoms with E-state index in [1.807, 2.05) is 24.8 Å². The second kappa shape index (κ2) is 39.0. The van der Waals surface area contributed by atoms with Crippen molar-refractivity contribution >= 4 is 112 Å². The van der Waals surface area contributed by atoms with Gasteiger partial charge in [0.1, 0.15) is 46.5 Å². The van der Waals surface area contributed by atoms with Gasteiger partial charge in [-0.3, -0.25) is 48.6 Å². The number of alkyl carbamates (subject to hydrolysis) is 1. The summed E-state index contributed by atoms with van der Waals surface area (Å²) in [6.45, 7) is 14.6. The van der Waals surface area contributed by atoms with E-state index in [0.29, 0.717) is 119 Å². The fourth-order valence-corrected chi connectivity index (χ4v) is 19.1. The number of benzene rings is 1. The molecule has 5 N–H and O–H groups in total. The molecule has 6 fully saturated rings. The van der Waals surface area contributed by atoms with E-state index < -0.39 is 99.8 Å². The SMILES string of the molecule is COc1cc2cc(c1Cl)N(C)C(=O)C[C@H](OC(=O)[C@H](C)N(C)C(=O)CC(C)(C)SC1CC(=O)N(CCOCCOCCNCCCC(=O)N3CCNCCC4C(=O)CC(SC5CCCCCC(C5)SCCC(=O)NCC3)C4=O)C1=O)[C@]1(C)O[C@H]1[C@H](C)[C@@H]1C[C@@](O)(NC(=O)O1)[C@H](OC)/C=C/C=C(\C)C2. The van der Waals surface area contributed by atoms with Gasteiger partial charge >= 0.3 is 12.1 Å². The number of carbonyl (C=O) groups is 10. The molecule has 1 aromatic carbocycles. The number of nitrogens with one attached hydrogen (secondary N) is 4. The van der Waals surface area contributed by atoms with E-state index in [4.69, 9.17) is 44.8 Å². The topological polar surface area (TPSA) is 320 Å². The van der Waals surface area contributed by atoms with Crippen molar-refractivity contribution in [2.45, 2.75) is 212 Å². The zero-order valence-corrected chi connectivity index (χ0v) is 64.7. The Labute approximate surface area is 624 Å². The smallest absolute Gasteiger partial charge is 0.409 e. The maximum atomic E-state index is 14.5. The standard InChI is InChI=1S/C73H109ClN8O18S3/c1-45-16-14-19-58(95-10)73(93)43-55(98-70(92)78-73)46(2)67-72(6,100-67)59(42-62(86)80(8)52-37-48(36-45)38-54(94-9)65(52)74)99-69(91)47(3)79(7)64(88)44-71(4,5)103-57-41-63(87)82(68(57)90)30-32-97-34-33-96-31-27-75-23-15-20-61(85)81-28-25-76-24-21-51-53(83)40-56(66(51)89)102-50-18-13-11-12-17-49(39-50)101-35-22-60(84)77-26-29-81/h14,16,19,37-38,46-47,49-51,55-59,67,75-76,93H,11-13,15,17-18,20-36,39-44H2,1-10H3,(H,77,84)(H,78,92)/b19-14+,45-16+/t46-,47+,49?,50?,51?,55+,56?,57?,58-,59+,67+,72+,73+/m1/s1. The summed E-state index contributed by atoms with van der Waals surface area (Å²) in [5.41, 5.74) is -1.26. The molecule has 30 heteroatoms. The van der Waals surface area contributed by atoms with Crippen molar-refractivity contribution < 1.29 is 86.2 Å². The number of likely N-dealkylation sites (N-methyl/N-ethyl adjacent to an activating group) is 1. The van der Waals surface area contributed by atoms with Crippen molar-refractivity contribution in [1.29, 1.82) is 0 Å². The maximum absolute atomic E-state index is 14.5. The van der Waals surface area contributed by atoms with Crippen LogP contribution in [0.5, 0.6) is 5.75 Å². The fraction of sp³-hybridized carbons (Fsp3) is 0.726. The number of allylic oxidation sites excluding steroid dienone is 3. The molecule has 13 atom stereocenters. The van der Waals surface area contributed by atoms with Crippen LogP contribution in [0.4, 0.5) is 10.5 Å². The van der Waals surface area contributed by atoms with Crippen LogP contribution >= 0.6 is 46.9 Å². The van der Waals surface area contributed by atoms with Crippen LogP contribution in [0.3, 0.4) is 0 Å². The molecule has 0 radical (unpaired) electrons. The first-order valence-corrected chi connectivity index (χ1v) is 39.6. The number of Topliss-reactive ketones (excluding diaryl/α,β-unsaturated/α-hetero) is 2. The molecule has 2 aliphatic carbocycles. The van der Waals surface area contributed by atoms with Crippen LogP contribution in [0.15, 0.2) is 35.9 Å². The van der Waals surface area contributed by atoms with Gasteiger partial charge in [-0.1, -0.05) is 75.4 Å². The number of likely N-dealkylation sites (tertiary alicyclic amines) is 1. The molecule has 26 nitrogen and oxygen atoms in total. The number of fused-ring (bicyclic) bond motifs is 9. The van der Waals surface area contributed by atoms with Crippen LogP contribution in [0.25, 0.3) is 0 Å². The average Bonchev–Trinajstić information content (AvgIpc) is 1.57. The molecular formula is C73H109ClN8O18S3. The van der Waals surface area contributed by atoms with Crippen LogP contribution in [-0.2, 0) is 78.0 Å². The second-order valence-electron chi connectivity index (χ2n) is 28.9. The molecule has 4 saturated heterocycles. The van der Waals surface area contributed by atoms with E-state index in [2.05, 4.69) is 21.3 Å². The number of halogens is 1. The highest BCUT2D eigenvalue weighted by Crippen LogP contribution is 2.50. The van der Waals surface area contributed by atoms with Gasteiger partial charge in [0.25, 0.3) is 0 Å². The summed E-state index contributed by atoms with van der Waals surface area (Å²) in [5, 5.41) is 24.0. The lowest BCUT2D eigenvalue weighted by molar-refractivity contribution is -0.162. The normalized spacial score (nSPS) is 30.2. The Balaban J connectivity index is 0.747. The lowest BCUT2D eigenvalue weighted by Gasteiger charge is -2.42. The summed E-state index contributed by atoms with van der Waals surface area (Å²) < 4.78 is 40.3. The van der Waals surface area contributed by atoms with Crippen LogP contribution in [0.2, 0.25) is 5.02 Å². The largest absolute Gasteiger partial charge is 0.495 e. The first-order chi connectivity index (χ1) is 49.0. The number of hydrogen-bond donors (Lipinski definition) is 5. The van der Waals surface area contributed by atoms with Crippen LogP contribution in [-0.4, -0.2) is 259 Å². The molecule has 7 aliphatic rings. The number of anilines is 1. The van der Waals surface area contributed by atoms with Gasteiger partial charge < -0.3 is 68.9 Å². The van der Waals surface area contributed by atoms with Gasteiger partial charge in [0.15, 0.2) is 11.5 Å². The Bertz CT molecular complexity index is 3240. The lowest BCUT2D eigenvalue weighted by Crippen LogP contribution is -2.63. The van der Waals surface area contributed by atoms with E-state index in [9.17, 15) is 53.1 Å². The predicted molar refractivity (Wildman–Crippen MR) is 395 cm³/mol. The summed E-state index contributed by atoms with van der Waals surface area (Å²) in [6.07, 6.45) is 8.67. The van der Waals surface area contributed by atoms with Gasteiger partial charge in [0, 0.05) is 119 Å². The number of carbonyl (C=O) groups excluding carboxylic acids is 10. The Morgan fingerprint density at radius 2 is 1.68 bits per heavy atom. The summed E-state index contributed by atoms with van der Waals surface area (Å²) in [5.74, 6) is -2.68. The number of hydrogen-bond acceptors (Lipinski definition) is 23. The number of amides is 7. The van der Waals surface area contributed by atoms with Gasteiger partial charge in [-0.25, -0.2) is 9.59 Å². The van der Waals surface area contributed by atoms with Gasteiger partial charge in [0.2, 0.25) is 35.4 Å². The molecule has 7 amide bonds. The number of thioether (sulfide) groups is 3. The average molecular weight is 1520 g/mol. The highest BCUT2D eigenvalue weighted by molar-refractivity contribution is 8.02. The zero-order chi connectivity index (χ0) is 74.8. The van der Waals surface area contributed by atoms with Crippen LogP contribution in [0, 0.1) is 11.8 Å². The lowest BCUT2D eigenvalue weighted by atomic mass is 9.83. The van der Waals surface area contributed by atoms with Crippen molar-refractivity contribution in [2.24, 2.45) is 11.8 Å². The number of ketones is 2. The molecule has 1 aromatic rings. The molecule has 0 spiro atoms. The Hall–Kier alpha value is -5.34. The van der Waals surface area contributed by atoms with Gasteiger partial charge in [0.05, 0.1) is 74.7 Å². The Morgan fingerprint density at radius 1 is 0.942 bits per heavy atom. The molecule has 8 bridgehead atoms. The van der Waals surface area contributed by atoms with Crippen molar-refractivity contribution in [3.05, 3.63) is 46.5 Å². The molecule has 2 saturated carbocycles. The van der Waals surface area contributed by atoms with Crippen molar-refractivity contribution in [1.82, 2.24) is 36.0 Å². The van der Waals surface area contributed by atoms with E-state index in [1.54, 1.807) is 75.7 Å². The first-order valence-electron chi connectivity index (χ1n) is 36.4. The predicted octanol–water partition coefficient (Wildman–Crippen LogP) is 6.36. The monoisotopic (exact) mass is 1520 g/mol. The minimum atomic E-state index is -1.90. The Kier molecular flexibility index (Phi) is 31.5. The van der Waals surface area contributed by atoms with Gasteiger partial charge in [-0.05, 0) is 90.1 Å². The van der Waals surface area contributed by atoms with Crippen LogP contribution in [0.1, 0.15) is 143 Å². The Morgan fingerprint density at radius 3 is 2.43 bits per heavy atom. The number of aliphatic hydroxyl groups is 1. The number of imide groups is 1. The molecule has 5 unspecified atom stereocenters. The van der Waals surface area contributed by atoms with Crippen LogP contribution < -0.4 is 30.9 Å². The number of nitrogens with zero attached hydrogens (tertiary/aromatic N) is 4.